The molecule has 1 N–H and O–H groups in total. The third-order valence-electron chi connectivity index (χ3n) is 2.93. The summed E-state index contributed by atoms with van der Waals surface area (Å²) in [5.41, 5.74) is 1.70. The fourth-order valence-corrected chi connectivity index (χ4v) is 2.56. The Kier molecular flexibility index (Phi) is 5.26. The summed E-state index contributed by atoms with van der Waals surface area (Å²) < 4.78 is 18.5. The summed E-state index contributed by atoms with van der Waals surface area (Å²) in [6, 6.07) is 8.13. The Hall–Kier alpha value is -1.72. The van der Waals surface area contributed by atoms with Crippen LogP contribution in [0.4, 0.5) is 4.39 Å². The van der Waals surface area contributed by atoms with E-state index in [1.807, 2.05) is 16.8 Å². The molecule has 0 unspecified atom stereocenters. The molecule has 0 aliphatic carbocycles. The number of methoxy groups -OCH3 is 1. The van der Waals surface area contributed by atoms with E-state index < -0.39 is 0 Å². The van der Waals surface area contributed by atoms with E-state index >= 15 is 0 Å². The van der Waals surface area contributed by atoms with E-state index in [1.54, 1.807) is 30.6 Å². The molecule has 0 radical (unpaired) electrons. The van der Waals surface area contributed by atoms with Crippen molar-refractivity contribution in [2.24, 2.45) is 0 Å². The molecule has 2 aromatic rings. The molecule has 0 saturated carbocycles. The van der Waals surface area contributed by atoms with Crippen molar-refractivity contribution in [2.75, 3.05) is 13.7 Å². The second-order valence-electron chi connectivity index (χ2n) is 4.39. The third kappa shape index (κ3) is 4.15. The lowest BCUT2D eigenvalue weighted by molar-refractivity contribution is -0.121. The van der Waals surface area contributed by atoms with Gasteiger partial charge in [0.15, 0.2) is 0 Å². The Morgan fingerprint density at radius 3 is 2.95 bits per heavy atom. The van der Waals surface area contributed by atoms with Gasteiger partial charge < -0.3 is 10.1 Å². The van der Waals surface area contributed by atoms with Crippen LogP contribution in [-0.4, -0.2) is 19.6 Å². The molecule has 0 aliphatic heterocycles. The van der Waals surface area contributed by atoms with Crippen LogP contribution in [0.1, 0.15) is 17.2 Å². The predicted molar refractivity (Wildman–Crippen MR) is 77.2 cm³/mol. The lowest BCUT2D eigenvalue weighted by atomic mass is 10.1. The summed E-state index contributed by atoms with van der Waals surface area (Å²) in [5.74, 6) is -0.379. The quantitative estimate of drug-likeness (QED) is 0.889. The molecule has 0 bridgehead atoms. The first kappa shape index (κ1) is 14.7. The Bertz CT molecular complexity index is 557. The normalized spacial score (nSPS) is 12.1. The van der Waals surface area contributed by atoms with Gasteiger partial charge in [-0.1, -0.05) is 12.1 Å². The Morgan fingerprint density at radius 1 is 1.45 bits per heavy atom. The molecular weight excluding hydrogens is 277 g/mol. The zero-order chi connectivity index (χ0) is 14.4. The average molecular weight is 293 g/mol. The second kappa shape index (κ2) is 7.17. The molecule has 1 heterocycles. The highest BCUT2D eigenvalue weighted by Gasteiger charge is 2.13. The van der Waals surface area contributed by atoms with Crippen LogP contribution in [0.5, 0.6) is 0 Å². The van der Waals surface area contributed by atoms with Gasteiger partial charge in [-0.05, 0) is 40.1 Å². The van der Waals surface area contributed by atoms with Crippen LogP contribution in [0.25, 0.3) is 0 Å². The number of amides is 1. The van der Waals surface area contributed by atoms with Gasteiger partial charge in [0, 0.05) is 13.7 Å². The van der Waals surface area contributed by atoms with E-state index in [1.165, 1.54) is 12.1 Å². The number of rotatable bonds is 6. The summed E-state index contributed by atoms with van der Waals surface area (Å²) in [7, 11) is 1.54. The SMILES string of the molecule is CO[C@H](CNC(=O)Cc1ccsc1)c1cccc(F)c1. The highest BCUT2D eigenvalue weighted by Crippen LogP contribution is 2.16. The van der Waals surface area contributed by atoms with Crippen LogP contribution in [0.2, 0.25) is 0 Å². The minimum atomic E-state index is -0.350. The molecule has 1 amide bonds. The second-order valence-corrected chi connectivity index (χ2v) is 5.17. The molecule has 1 aromatic carbocycles. The first-order valence-electron chi connectivity index (χ1n) is 6.25. The minimum Gasteiger partial charge on any atom is -0.375 e. The maximum Gasteiger partial charge on any atom is 0.224 e. The number of thiophene rings is 1. The summed E-state index contributed by atoms with van der Waals surface area (Å²) >= 11 is 1.56. The Labute approximate surface area is 121 Å². The van der Waals surface area contributed by atoms with Crippen LogP contribution < -0.4 is 5.32 Å². The number of nitrogens with one attached hydrogen (secondary N) is 1. The van der Waals surface area contributed by atoms with Gasteiger partial charge in [0.05, 0.1) is 12.5 Å². The minimum absolute atomic E-state index is 0.0677. The van der Waals surface area contributed by atoms with Crippen molar-refractivity contribution in [3.05, 3.63) is 58.0 Å². The van der Waals surface area contributed by atoms with Gasteiger partial charge in [0.1, 0.15) is 5.82 Å². The van der Waals surface area contributed by atoms with Crippen LogP contribution in [0, 0.1) is 5.82 Å². The first-order valence-corrected chi connectivity index (χ1v) is 7.19. The van der Waals surface area contributed by atoms with Gasteiger partial charge >= 0.3 is 0 Å². The predicted octanol–water partition coefficient (Wildman–Crippen LogP) is 2.93. The van der Waals surface area contributed by atoms with E-state index in [9.17, 15) is 9.18 Å². The van der Waals surface area contributed by atoms with E-state index in [-0.39, 0.29) is 17.8 Å². The fourth-order valence-electron chi connectivity index (χ4n) is 1.89. The molecule has 1 atom stereocenters. The molecular formula is C15H16FNO2S. The summed E-state index contributed by atoms with van der Waals surface area (Å²) in [5, 5.41) is 6.69. The maximum absolute atomic E-state index is 13.2. The number of carbonyl (C=O) groups is 1. The number of halogens is 1. The van der Waals surface area contributed by atoms with Gasteiger partial charge in [0.2, 0.25) is 5.91 Å². The summed E-state index contributed by atoms with van der Waals surface area (Å²) in [6.45, 7) is 0.322. The molecule has 5 heteroatoms. The number of ether oxygens (including phenoxy) is 1. The average Bonchev–Trinajstić information content (AvgIpc) is 2.92. The van der Waals surface area contributed by atoms with Crippen molar-refractivity contribution < 1.29 is 13.9 Å². The zero-order valence-corrected chi connectivity index (χ0v) is 12.0. The third-order valence-corrected chi connectivity index (χ3v) is 3.67. The zero-order valence-electron chi connectivity index (χ0n) is 11.1. The molecule has 106 valence electrons. The molecule has 0 fully saturated rings. The van der Waals surface area contributed by atoms with Crippen LogP contribution in [0.3, 0.4) is 0 Å². The van der Waals surface area contributed by atoms with Gasteiger partial charge in [-0.25, -0.2) is 4.39 Å². The van der Waals surface area contributed by atoms with Crippen molar-refractivity contribution in [3.63, 3.8) is 0 Å². The number of hydrogen-bond acceptors (Lipinski definition) is 3. The topological polar surface area (TPSA) is 38.3 Å². The van der Waals surface area contributed by atoms with Crippen molar-refractivity contribution in [1.82, 2.24) is 5.32 Å². The van der Waals surface area contributed by atoms with Crippen LogP contribution >= 0.6 is 11.3 Å². The standard InChI is InChI=1S/C15H16FNO2S/c1-19-14(12-3-2-4-13(16)8-12)9-17-15(18)7-11-5-6-20-10-11/h2-6,8,10,14H,7,9H2,1H3,(H,17,18)/t14-/m1/s1. The van der Waals surface area contributed by atoms with Crippen LogP contribution in [0.15, 0.2) is 41.1 Å². The molecule has 1 aromatic heterocycles. The van der Waals surface area contributed by atoms with E-state index in [0.717, 1.165) is 5.56 Å². The number of carbonyl (C=O) groups excluding carboxylic acids is 1. The van der Waals surface area contributed by atoms with Gasteiger partial charge in [-0.2, -0.15) is 11.3 Å². The molecule has 0 spiro atoms. The highest BCUT2D eigenvalue weighted by atomic mass is 32.1. The van der Waals surface area contributed by atoms with Crippen LogP contribution in [-0.2, 0) is 16.0 Å². The first-order chi connectivity index (χ1) is 9.69. The van der Waals surface area contributed by atoms with E-state index in [2.05, 4.69) is 5.32 Å². The number of benzene rings is 1. The highest BCUT2D eigenvalue weighted by molar-refractivity contribution is 7.07. The maximum atomic E-state index is 13.2. The monoisotopic (exact) mass is 293 g/mol. The van der Waals surface area contributed by atoms with Crippen molar-refractivity contribution in [3.8, 4) is 0 Å². The van der Waals surface area contributed by atoms with Crippen molar-refractivity contribution in [2.45, 2.75) is 12.5 Å². The molecule has 3 nitrogen and oxygen atoms in total. The lowest BCUT2D eigenvalue weighted by Gasteiger charge is -2.16. The number of hydrogen-bond donors (Lipinski definition) is 1. The summed E-state index contributed by atoms with van der Waals surface area (Å²) in [6.07, 6.45) is 0.000398. The molecule has 2 rings (SSSR count). The largest absolute Gasteiger partial charge is 0.375 e. The Balaban J connectivity index is 1.89. The fraction of sp³-hybridized carbons (Fsp3) is 0.267. The van der Waals surface area contributed by atoms with E-state index in [0.29, 0.717) is 18.5 Å². The van der Waals surface area contributed by atoms with Gasteiger partial charge in [-0.3, -0.25) is 4.79 Å². The molecule has 0 aliphatic rings. The van der Waals surface area contributed by atoms with Gasteiger partial charge in [-0.15, -0.1) is 0 Å². The van der Waals surface area contributed by atoms with Crippen molar-refractivity contribution >= 4 is 17.2 Å². The Morgan fingerprint density at radius 2 is 2.30 bits per heavy atom. The summed E-state index contributed by atoms with van der Waals surface area (Å²) in [4.78, 5) is 11.8. The smallest absolute Gasteiger partial charge is 0.224 e. The van der Waals surface area contributed by atoms with Crippen molar-refractivity contribution in [1.29, 1.82) is 0 Å². The lowest BCUT2D eigenvalue weighted by Crippen LogP contribution is -2.30. The molecule has 0 saturated heterocycles. The van der Waals surface area contributed by atoms with E-state index in [4.69, 9.17) is 4.74 Å². The van der Waals surface area contributed by atoms with Gasteiger partial charge in [0.25, 0.3) is 0 Å². The molecule has 20 heavy (non-hydrogen) atoms.